The van der Waals surface area contributed by atoms with E-state index in [1.54, 1.807) is 18.3 Å². The lowest BCUT2D eigenvalue weighted by molar-refractivity contribution is -0.274. The van der Waals surface area contributed by atoms with Gasteiger partial charge in [-0.25, -0.2) is 0 Å². The molecule has 2 N–H and O–H groups in total. The summed E-state index contributed by atoms with van der Waals surface area (Å²) >= 11 is 0. The summed E-state index contributed by atoms with van der Waals surface area (Å²) in [7, 11) is 0. The van der Waals surface area contributed by atoms with Gasteiger partial charge in [-0.15, -0.1) is 13.2 Å². The first-order valence-electron chi connectivity index (χ1n) is 5.43. The van der Waals surface area contributed by atoms with Crippen LogP contribution < -0.4 is 10.5 Å². The molecule has 2 aromatic rings. The fraction of sp³-hybridized carbons (Fsp3) is 0.154. The summed E-state index contributed by atoms with van der Waals surface area (Å²) < 4.78 is 40.3. The van der Waals surface area contributed by atoms with E-state index in [4.69, 9.17) is 5.73 Å². The van der Waals surface area contributed by atoms with E-state index in [9.17, 15) is 13.2 Å². The number of hydrogen-bond donors (Lipinski definition) is 1. The lowest BCUT2D eigenvalue weighted by Gasteiger charge is -2.11. The van der Waals surface area contributed by atoms with Crippen LogP contribution in [0.15, 0.2) is 36.5 Å². The Kier molecular flexibility index (Phi) is 3.33. The molecule has 6 heteroatoms. The number of nitrogens with zero attached hydrogens (tertiary/aromatic N) is 1. The van der Waals surface area contributed by atoms with E-state index in [0.29, 0.717) is 16.9 Å². The summed E-state index contributed by atoms with van der Waals surface area (Å²) in [6.45, 7) is 1.83. The first-order chi connectivity index (χ1) is 8.85. The fourth-order valence-corrected chi connectivity index (χ4v) is 1.67. The molecule has 0 radical (unpaired) electrons. The summed E-state index contributed by atoms with van der Waals surface area (Å²) in [6, 6.07) is 7.26. The molecular formula is C13H11F3N2O. The number of ether oxygens (including phenoxy) is 1. The molecule has 0 fully saturated rings. The highest BCUT2D eigenvalue weighted by Crippen LogP contribution is 2.29. The molecule has 3 nitrogen and oxygen atoms in total. The monoisotopic (exact) mass is 268 g/mol. The molecule has 0 aliphatic rings. The summed E-state index contributed by atoms with van der Waals surface area (Å²) in [5.41, 5.74) is 7.99. The smallest absolute Gasteiger partial charge is 0.406 e. The normalized spacial score (nSPS) is 11.4. The molecule has 0 saturated heterocycles. The second-order valence-corrected chi connectivity index (χ2v) is 4.03. The van der Waals surface area contributed by atoms with E-state index in [1.165, 1.54) is 18.2 Å². The van der Waals surface area contributed by atoms with Gasteiger partial charge in [-0.1, -0.05) is 12.1 Å². The minimum atomic E-state index is -4.72. The SMILES string of the molecule is Cc1cnc(-c2cccc(OC(F)(F)F)c2)c(N)c1. The Morgan fingerprint density at radius 1 is 1.21 bits per heavy atom. The largest absolute Gasteiger partial charge is 0.573 e. The number of nitrogen functional groups attached to an aromatic ring is 1. The van der Waals surface area contributed by atoms with Gasteiger partial charge in [0.1, 0.15) is 5.75 Å². The second-order valence-electron chi connectivity index (χ2n) is 4.03. The molecule has 2 rings (SSSR count). The van der Waals surface area contributed by atoms with Crippen LogP contribution in [0.3, 0.4) is 0 Å². The number of pyridine rings is 1. The van der Waals surface area contributed by atoms with Gasteiger partial charge in [0.25, 0.3) is 0 Å². The molecule has 1 aromatic heterocycles. The van der Waals surface area contributed by atoms with Gasteiger partial charge in [0.05, 0.1) is 11.4 Å². The first-order valence-corrected chi connectivity index (χ1v) is 5.43. The number of nitrogens with two attached hydrogens (primary N) is 1. The topological polar surface area (TPSA) is 48.1 Å². The van der Waals surface area contributed by atoms with Crippen LogP contribution in [0.5, 0.6) is 5.75 Å². The van der Waals surface area contributed by atoms with Crippen LogP contribution in [0.1, 0.15) is 5.56 Å². The summed E-state index contributed by atoms with van der Waals surface area (Å²) in [4.78, 5) is 4.12. The highest BCUT2D eigenvalue weighted by Gasteiger charge is 2.31. The van der Waals surface area contributed by atoms with Crippen LogP contribution in [0.25, 0.3) is 11.3 Å². The Balaban J connectivity index is 2.38. The van der Waals surface area contributed by atoms with Crippen molar-refractivity contribution in [1.29, 1.82) is 0 Å². The Labute approximate surface area is 107 Å². The van der Waals surface area contributed by atoms with Gasteiger partial charge in [0, 0.05) is 11.8 Å². The van der Waals surface area contributed by atoms with E-state index >= 15 is 0 Å². The summed E-state index contributed by atoms with van der Waals surface area (Å²) in [5.74, 6) is -0.299. The predicted octanol–water partition coefficient (Wildman–Crippen LogP) is 3.54. The van der Waals surface area contributed by atoms with E-state index in [-0.39, 0.29) is 5.75 Å². The number of aromatic nitrogens is 1. The molecule has 1 aromatic carbocycles. The highest BCUT2D eigenvalue weighted by molar-refractivity contribution is 5.73. The lowest BCUT2D eigenvalue weighted by atomic mass is 10.1. The lowest BCUT2D eigenvalue weighted by Crippen LogP contribution is -2.17. The van der Waals surface area contributed by atoms with Gasteiger partial charge in [-0.2, -0.15) is 0 Å². The molecule has 0 atom stereocenters. The zero-order valence-electron chi connectivity index (χ0n) is 10.0. The molecule has 0 unspecified atom stereocenters. The van der Waals surface area contributed by atoms with Crippen molar-refractivity contribution in [3.05, 3.63) is 42.1 Å². The van der Waals surface area contributed by atoms with Crippen LogP contribution in [-0.4, -0.2) is 11.3 Å². The number of rotatable bonds is 2. The van der Waals surface area contributed by atoms with Crippen molar-refractivity contribution in [2.24, 2.45) is 0 Å². The van der Waals surface area contributed by atoms with Gasteiger partial charge in [-0.05, 0) is 30.7 Å². The van der Waals surface area contributed by atoms with E-state index in [2.05, 4.69) is 9.72 Å². The van der Waals surface area contributed by atoms with E-state index in [0.717, 1.165) is 5.56 Å². The number of anilines is 1. The zero-order valence-corrected chi connectivity index (χ0v) is 10.0. The molecular weight excluding hydrogens is 257 g/mol. The van der Waals surface area contributed by atoms with Crippen molar-refractivity contribution in [3.63, 3.8) is 0 Å². The Morgan fingerprint density at radius 3 is 2.58 bits per heavy atom. The van der Waals surface area contributed by atoms with Gasteiger partial charge in [-0.3, -0.25) is 4.98 Å². The van der Waals surface area contributed by atoms with Gasteiger partial charge >= 0.3 is 6.36 Å². The van der Waals surface area contributed by atoms with E-state index < -0.39 is 6.36 Å². The Bertz CT molecular complexity index is 597. The summed E-state index contributed by atoms with van der Waals surface area (Å²) in [5, 5.41) is 0. The standard InChI is InChI=1S/C13H11F3N2O/c1-8-5-11(17)12(18-7-8)9-3-2-4-10(6-9)19-13(14,15)16/h2-7H,17H2,1H3. The van der Waals surface area contributed by atoms with Crippen molar-refractivity contribution in [2.75, 3.05) is 5.73 Å². The molecule has 0 aliphatic heterocycles. The van der Waals surface area contributed by atoms with Crippen LogP contribution >= 0.6 is 0 Å². The average molecular weight is 268 g/mol. The third-order valence-electron chi connectivity index (χ3n) is 2.39. The predicted molar refractivity (Wildman–Crippen MR) is 65.5 cm³/mol. The molecule has 0 spiro atoms. The fourth-order valence-electron chi connectivity index (χ4n) is 1.67. The number of aryl methyl sites for hydroxylation is 1. The second kappa shape index (κ2) is 4.79. The third-order valence-corrected chi connectivity index (χ3v) is 2.39. The zero-order chi connectivity index (χ0) is 14.0. The number of alkyl halides is 3. The molecule has 0 bridgehead atoms. The van der Waals surface area contributed by atoms with Crippen LogP contribution in [0.4, 0.5) is 18.9 Å². The minimum Gasteiger partial charge on any atom is -0.406 e. The molecule has 1 heterocycles. The maximum atomic E-state index is 12.1. The van der Waals surface area contributed by atoms with E-state index in [1.807, 2.05) is 6.92 Å². The molecule has 19 heavy (non-hydrogen) atoms. The number of hydrogen-bond acceptors (Lipinski definition) is 3. The van der Waals surface area contributed by atoms with Crippen LogP contribution in [-0.2, 0) is 0 Å². The first kappa shape index (κ1) is 13.2. The number of halogens is 3. The maximum Gasteiger partial charge on any atom is 0.573 e. The average Bonchev–Trinajstić information content (AvgIpc) is 2.26. The third kappa shape index (κ3) is 3.37. The van der Waals surface area contributed by atoms with Crippen LogP contribution in [0, 0.1) is 6.92 Å². The molecule has 0 saturated carbocycles. The minimum absolute atomic E-state index is 0.299. The van der Waals surface area contributed by atoms with Gasteiger partial charge < -0.3 is 10.5 Å². The van der Waals surface area contributed by atoms with Crippen molar-refractivity contribution in [2.45, 2.75) is 13.3 Å². The van der Waals surface area contributed by atoms with Crippen molar-refractivity contribution >= 4 is 5.69 Å². The van der Waals surface area contributed by atoms with Gasteiger partial charge in [0.2, 0.25) is 0 Å². The molecule has 100 valence electrons. The molecule has 0 amide bonds. The maximum absolute atomic E-state index is 12.1. The highest BCUT2D eigenvalue weighted by atomic mass is 19.4. The van der Waals surface area contributed by atoms with Crippen molar-refractivity contribution in [1.82, 2.24) is 4.98 Å². The Morgan fingerprint density at radius 2 is 1.95 bits per heavy atom. The molecule has 0 aliphatic carbocycles. The summed E-state index contributed by atoms with van der Waals surface area (Å²) in [6.07, 6.45) is -3.12. The van der Waals surface area contributed by atoms with Gasteiger partial charge in [0.15, 0.2) is 0 Å². The van der Waals surface area contributed by atoms with Crippen molar-refractivity contribution < 1.29 is 17.9 Å². The van der Waals surface area contributed by atoms with Crippen LogP contribution in [0.2, 0.25) is 0 Å². The van der Waals surface area contributed by atoms with Crippen molar-refractivity contribution in [3.8, 4) is 17.0 Å². The number of benzene rings is 1. The quantitative estimate of drug-likeness (QED) is 0.906. The Hall–Kier alpha value is -2.24.